The number of non-ortho nitro benzene ring substituents is 1. The van der Waals surface area contributed by atoms with Crippen molar-refractivity contribution in [2.45, 2.75) is 19.4 Å². The standard InChI is InChI=1S/C12H14N2O6/c1-3-9(12(16)17)13-11(15)8-6-7(14(18)19)4-5-10(8)20-2/h4-6,9H,3H2,1-2H3,(H,13,15)(H,16,17)/t9-/m0/s1. The zero-order chi connectivity index (χ0) is 15.3. The topological polar surface area (TPSA) is 119 Å². The fraction of sp³-hybridized carbons (Fsp3) is 0.333. The summed E-state index contributed by atoms with van der Waals surface area (Å²) in [6.45, 7) is 1.60. The number of hydrogen-bond donors (Lipinski definition) is 2. The van der Waals surface area contributed by atoms with Crippen molar-refractivity contribution in [2.75, 3.05) is 7.11 Å². The van der Waals surface area contributed by atoms with Crippen molar-refractivity contribution in [3.63, 3.8) is 0 Å². The zero-order valence-corrected chi connectivity index (χ0v) is 11.0. The minimum Gasteiger partial charge on any atom is -0.496 e. The van der Waals surface area contributed by atoms with Gasteiger partial charge in [-0.25, -0.2) is 4.79 Å². The maximum atomic E-state index is 12.0. The van der Waals surface area contributed by atoms with Gasteiger partial charge in [0, 0.05) is 12.1 Å². The van der Waals surface area contributed by atoms with Crippen molar-refractivity contribution >= 4 is 17.6 Å². The molecule has 1 aromatic carbocycles. The summed E-state index contributed by atoms with van der Waals surface area (Å²) in [5.41, 5.74) is -0.360. The molecule has 0 aliphatic carbocycles. The third kappa shape index (κ3) is 3.44. The monoisotopic (exact) mass is 282 g/mol. The van der Waals surface area contributed by atoms with Crippen LogP contribution >= 0.6 is 0 Å². The number of benzene rings is 1. The highest BCUT2D eigenvalue weighted by Gasteiger charge is 2.22. The first kappa shape index (κ1) is 15.4. The fourth-order valence-corrected chi connectivity index (χ4v) is 1.56. The van der Waals surface area contributed by atoms with Crippen LogP contribution in [0.4, 0.5) is 5.69 Å². The van der Waals surface area contributed by atoms with Crippen LogP contribution in [0.25, 0.3) is 0 Å². The van der Waals surface area contributed by atoms with Crippen LogP contribution in [0.5, 0.6) is 5.75 Å². The molecule has 108 valence electrons. The Balaban J connectivity index is 3.09. The number of hydrogen-bond acceptors (Lipinski definition) is 5. The van der Waals surface area contributed by atoms with E-state index in [9.17, 15) is 19.7 Å². The number of carbonyl (C=O) groups excluding carboxylic acids is 1. The molecule has 0 aliphatic rings. The Hall–Kier alpha value is -2.64. The predicted molar refractivity (Wildman–Crippen MR) is 68.8 cm³/mol. The van der Waals surface area contributed by atoms with E-state index in [0.717, 1.165) is 6.07 Å². The van der Waals surface area contributed by atoms with Gasteiger partial charge in [0.2, 0.25) is 0 Å². The molecule has 0 radical (unpaired) electrons. The van der Waals surface area contributed by atoms with E-state index < -0.39 is 22.8 Å². The second-order valence-electron chi connectivity index (χ2n) is 3.91. The molecule has 2 N–H and O–H groups in total. The number of nitrogens with zero attached hydrogens (tertiary/aromatic N) is 1. The Morgan fingerprint density at radius 3 is 2.60 bits per heavy atom. The quantitative estimate of drug-likeness (QED) is 0.597. The first-order chi connectivity index (χ1) is 9.40. The van der Waals surface area contributed by atoms with Crippen LogP contribution in [0.2, 0.25) is 0 Å². The second kappa shape index (κ2) is 6.50. The molecule has 20 heavy (non-hydrogen) atoms. The highest BCUT2D eigenvalue weighted by atomic mass is 16.6. The molecule has 0 saturated heterocycles. The highest BCUT2D eigenvalue weighted by molar-refractivity contribution is 5.99. The molecular weight excluding hydrogens is 268 g/mol. The van der Waals surface area contributed by atoms with Gasteiger partial charge < -0.3 is 15.2 Å². The highest BCUT2D eigenvalue weighted by Crippen LogP contribution is 2.24. The van der Waals surface area contributed by atoms with E-state index in [1.54, 1.807) is 6.92 Å². The third-order valence-corrected chi connectivity index (χ3v) is 2.65. The van der Waals surface area contributed by atoms with E-state index in [1.807, 2.05) is 0 Å². The minimum absolute atomic E-state index is 0.0820. The van der Waals surface area contributed by atoms with Crippen molar-refractivity contribution in [2.24, 2.45) is 0 Å². The van der Waals surface area contributed by atoms with Crippen molar-refractivity contribution in [1.82, 2.24) is 5.32 Å². The summed E-state index contributed by atoms with van der Waals surface area (Å²) in [4.78, 5) is 32.9. The third-order valence-electron chi connectivity index (χ3n) is 2.65. The van der Waals surface area contributed by atoms with Crippen LogP contribution in [0.3, 0.4) is 0 Å². The van der Waals surface area contributed by atoms with Crippen molar-refractivity contribution in [3.05, 3.63) is 33.9 Å². The number of carbonyl (C=O) groups is 2. The molecule has 1 atom stereocenters. The number of nitrogens with one attached hydrogen (secondary N) is 1. The number of carboxylic acid groups (broad SMARTS) is 1. The van der Waals surface area contributed by atoms with Crippen molar-refractivity contribution in [1.29, 1.82) is 0 Å². The number of rotatable bonds is 6. The molecule has 0 spiro atoms. The Bertz CT molecular complexity index is 543. The molecule has 8 nitrogen and oxygen atoms in total. The van der Waals surface area contributed by atoms with Gasteiger partial charge >= 0.3 is 5.97 Å². The van der Waals surface area contributed by atoms with Crippen LogP contribution in [-0.4, -0.2) is 35.1 Å². The summed E-state index contributed by atoms with van der Waals surface area (Å²) in [6, 6.07) is 2.47. The molecule has 0 bridgehead atoms. The molecule has 0 saturated carbocycles. The normalized spacial score (nSPS) is 11.5. The van der Waals surface area contributed by atoms with Gasteiger partial charge in [-0.1, -0.05) is 6.92 Å². The molecule has 1 amide bonds. The largest absolute Gasteiger partial charge is 0.496 e. The van der Waals surface area contributed by atoms with Gasteiger partial charge in [-0.3, -0.25) is 14.9 Å². The van der Waals surface area contributed by atoms with Crippen molar-refractivity contribution in [3.8, 4) is 5.75 Å². The molecule has 0 fully saturated rings. The van der Waals surface area contributed by atoms with Gasteiger partial charge in [0.05, 0.1) is 17.6 Å². The molecule has 0 heterocycles. The minimum atomic E-state index is -1.18. The van der Waals surface area contributed by atoms with E-state index in [2.05, 4.69) is 5.32 Å². The van der Waals surface area contributed by atoms with Gasteiger partial charge in [-0.05, 0) is 12.5 Å². The van der Waals surface area contributed by atoms with Crippen LogP contribution in [0.1, 0.15) is 23.7 Å². The Morgan fingerprint density at radius 1 is 1.50 bits per heavy atom. The lowest BCUT2D eigenvalue weighted by Crippen LogP contribution is -2.40. The number of methoxy groups -OCH3 is 1. The van der Waals surface area contributed by atoms with Gasteiger partial charge in [-0.2, -0.15) is 0 Å². The number of nitro groups is 1. The number of ether oxygens (including phenoxy) is 1. The molecule has 1 aromatic rings. The number of amides is 1. The molecule has 0 unspecified atom stereocenters. The summed E-state index contributed by atoms with van der Waals surface area (Å²) in [5.74, 6) is -1.78. The summed E-state index contributed by atoms with van der Waals surface area (Å²) in [7, 11) is 1.31. The Kier molecular flexibility index (Phi) is 5.01. The number of carboxylic acids is 1. The number of nitro benzene ring substituents is 1. The Labute approximate surface area is 114 Å². The number of aliphatic carboxylic acids is 1. The van der Waals surface area contributed by atoms with Gasteiger partial charge in [0.15, 0.2) is 0 Å². The molecule has 0 aliphatic heterocycles. The molecular formula is C12H14N2O6. The summed E-state index contributed by atoms with van der Waals surface area (Å²) < 4.78 is 4.95. The Morgan fingerprint density at radius 2 is 2.15 bits per heavy atom. The maximum Gasteiger partial charge on any atom is 0.326 e. The summed E-state index contributed by atoms with van der Waals surface area (Å²) >= 11 is 0. The SMILES string of the molecule is CC[C@H](NC(=O)c1cc([N+](=O)[O-])ccc1OC)C(=O)O. The first-order valence-corrected chi connectivity index (χ1v) is 5.76. The lowest BCUT2D eigenvalue weighted by atomic mass is 10.1. The average molecular weight is 282 g/mol. The molecule has 1 rings (SSSR count). The maximum absolute atomic E-state index is 12.0. The lowest BCUT2D eigenvalue weighted by molar-refractivity contribution is -0.384. The smallest absolute Gasteiger partial charge is 0.326 e. The van der Waals surface area contributed by atoms with E-state index in [1.165, 1.54) is 19.2 Å². The predicted octanol–water partition coefficient (Wildman–Crippen LogP) is 1.20. The lowest BCUT2D eigenvalue weighted by Gasteiger charge is -2.13. The zero-order valence-electron chi connectivity index (χ0n) is 11.0. The first-order valence-electron chi connectivity index (χ1n) is 5.76. The van der Waals surface area contributed by atoms with Gasteiger partial charge in [0.1, 0.15) is 11.8 Å². The van der Waals surface area contributed by atoms with Crippen molar-refractivity contribution < 1.29 is 24.4 Å². The average Bonchev–Trinajstić information content (AvgIpc) is 2.43. The molecule has 0 aromatic heterocycles. The van der Waals surface area contributed by atoms with Crippen LogP contribution in [0, 0.1) is 10.1 Å². The van der Waals surface area contributed by atoms with Crippen LogP contribution < -0.4 is 10.1 Å². The van der Waals surface area contributed by atoms with E-state index in [-0.39, 0.29) is 23.4 Å². The summed E-state index contributed by atoms with van der Waals surface area (Å²) in [5, 5.41) is 21.9. The van der Waals surface area contributed by atoms with E-state index in [0.29, 0.717) is 0 Å². The second-order valence-corrected chi connectivity index (χ2v) is 3.91. The summed E-state index contributed by atoms with van der Waals surface area (Å²) in [6.07, 6.45) is 0.193. The van der Waals surface area contributed by atoms with Gasteiger partial charge in [-0.15, -0.1) is 0 Å². The van der Waals surface area contributed by atoms with Gasteiger partial charge in [0.25, 0.3) is 11.6 Å². The van der Waals surface area contributed by atoms with E-state index >= 15 is 0 Å². The fourth-order valence-electron chi connectivity index (χ4n) is 1.56. The van der Waals surface area contributed by atoms with Crippen LogP contribution in [-0.2, 0) is 4.79 Å². The van der Waals surface area contributed by atoms with E-state index in [4.69, 9.17) is 9.84 Å². The van der Waals surface area contributed by atoms with Crippen LogP contribution in [0.15, 0.2) is 18.2 Å². The molecule has 8 heteroatoms.